The number of anilines is 1. The predicted molar refractivity (Wildman–Crippen MR) is 61.6 cm³/mol. The first-order chi connectivity index (χ1) is 7.29. The smallest absolute Gasteiger partial charge is 0.116 e. The second kappa shape index (κ2) is 4.66. The van der Waals surface area contributed by atoms with Crippen LogP contribution in [0, 0.1) is 5.92 Å². The molecule has 0 atom stereocenters. The van der Waals surface area contributed by atoms with E-state index in [1.807, 2.05) is 12.3 Å². The Morgan fingerprint density at radius 1 is 1.40 bits per heavy atom. The molecule has 15 heavy (non-hydrogen) atoms. The zero-order chi connectivity index (χ0) is 10.7. The van der Waals surface area contributed by atoms with E-state index >= 15 is 0 Å². The highest BCUT2D eigenvalue weighted by Crippen LogP contribution is 2.21. The quantitative estimate of drug-likeness (QED) is 0.690. The third kappa shape index (κ3) is 2.51. The Kier molecular flexibility index (Phi) is 3.26. The molecular formula is C11H15BN2O. The fraction of sp³-hybridized carbons (Fsp3) is 0.545. The summed E-state index contributed by atoms with van der Waals surface area (Å²) in [5.41, 5.74) is 1.79. The molecule has 1 aliphatic rings. The molecule has 1 N–H and O–H groups in total. The molecule has 4 heteroatoms. The Bertz CT molecular complexity index is 324. The minimum atomic E-state index is 0.309. The first kappa shape index (κ1) is 10.5. The van der Waals surface area contributed by atoms with Crippen molar-refractivity contribution in [3.8, 4) is 0 Å². The van der Waals surface area contributed by atoms with E-state index < -0.39 is 0 Å². The second-order valence-electron chi connectivity index (χ2n) is 4.09. The van der Waals surface area contributed by atoms with Crippen molar-refractivity contribution in [2.45, 2.75) is 12.8 Å². The number of rotatable bonds is 2. The molecule has 2 rings (SSSR count). The number of pyridine rings is 1. The molecule has 2 heterocycles. The summed E-state index contributed by atoms with van der Waals surface area (Å²) in [5, 5.41) is 9.04. The Hall–Kier alpha value is -1.03. The lowest BCUT2D eigenvalue weighted by Gasteiger charge is -2.32. The van der Waals surface area contributed by atoms with Gasteiger partial charge in [-0.1, -0.05) is 5.46 Å². The maximum atomic E-state index is 9.04. The average molecular weight is 202 g/mol. The molecule has 3 nitrogen and oxygen atoms in total. The van der Waals surface area contributed by atoms with Crippen LogP contribution in [-0.2, 0) is 0 Å². The van der Waals surface area contributed by atoms with Gasteiger partial charge in [0, 0.05) is 25.9 Å². The van der Waals surface area contributed by atoms with Gasteiger partial charge in [-0.3, -0.25) is 4.98 Å². The lowest BCUT2D eigenvalue weighted by Crippen LogP contribution is -2.35. The molecule has 0 saturated carbocycles. The molecule has 1 aliphatic heterocycles. The van der Waals surface area contributed by atoms with Crippen LogP contribution in [0.4, 0.5) is 5.69 Å². The van der Waals surface area contributed by atoms with Crippen molar-refractivity contribution < 1.29 is 5.11 Å². The predicted octanol–water partition coefficient (Wildman–Crippen LogP) is 0.0841. The zero-order valence-corrected chi connectivity index (χ0v) is 8.76. The SMILES string of the molecule is [B]c1cncc(N2CCC(CO)CC2)c1. The van der Waals surface area contributed by atoms with Crippen LogP contribution in [0.1, 0.15) is 12.8 Å². The van der Waals surface area contributed by atoms with Crippen molar-refractivity contribution in [3.63, 3.8) is 0 Å². The van der Waals surface area contributed by atoms with Crippen LogP contribution in [-0.4, -0.2) is 37.6 Å². The van der Waals surface area contributed by atoms with E-state index in [4.69, 9.17) is 13.0 Å². The first-order valence-corrected chi connectivity index (χ1v) is 5.36. The normalized spacial score (nSPS) is 18.1. The second-order valence-corrected chi connectivity index (χ2v) is 4.09. The van der Waals surface area contributed by atoms with Gasteiger partial charge in [-0.2, -0.15) is 0 Å². The van der Waals surface area contributed by atoms with Crippen molar-refractivity contribution >= 4 is 19.0 Å². The molecule has 1 aromatic rings. The monoisotopic (exact) mass is 202 g/mol. The maximum Gasteiger partial charge on any atom is 0.116 e. The summed E-state index contributed by atoms with van der Waals surface area (Å²) >= 11 is 0. The lowest BCUT2D eigenvalue weighted by molar-refractivity contribution is 0.203. The third-order valence-corrected chi connectivity index (χ3v) is 2.98. The van der Waals surface area contributed by atoms with Crippen molar-refractivity contribution in [1.29, 1.82) is 0 Å². The van der Waals surface area contributed by atoms with E-state index in [-0.39, 0.29) is 0 Å². The highest BCUT2D eigenvalue weighted by molar-refractivity contribution is 6.32. The van der Waals surface area contributed by atoms with Gasteiger partial charge in [0.2, 0.25) is 0 Å². The number of hydrogen-bond acceptors (Lipinski definition) is 3. The number of aliphatic hydroxyl groups is 1. The summed E-state index contributed by atoms with van der Waals surface area (Å²) in [5.74, 6) is 0.468. The van der Waals surface area contributed by atoms with Crippen LogP contribution in [0.3, 0.4) is 0 Å². The summed E-state index contributed by atoms with van der Waals surface area (Å²) in [6.07, 6.45) is 5.59. The molecule has 1 aromatic heterocycles. The topological polar surface area (TPSA) is 36.4 Å². The summed E-state index contributed by atoms with van der Waals surface area (Å²) in [7, 11) is 5.69. The van der Waals surface area contributed by atoms with Gasteiger partial charge in [-0.25, -0.2) is 0 Å². The molecule has 0 aromatic carbocycles. The molecule has 78 valence electrons. The minimum Gasteiger partial charge on any atom is -0.396 e. The van der Waals surface area contributed by atoms with E-state index in [0.29, 0.717) is 18.0 Å². The lowest BCUT2D eigenvalue weighted by atomic mass is 9.96. The fourth-order valence-corrected chi connectivity index (χ4v) is 1.99. The number of aromatic nitrogens is 1. The minimum absolute atomic E-state index is 0.309. The van der Waals surface area contributed by atoms with Crippen molar-refractivity contribution in [1.82, 2.24) is 4.98 Å². The molecule has 1 fully saturated rings. The van der Waals surface area contributed by atoms with E-state index in [9.17, 15) is 0 Å². The maximum absolute atomic E-state index is 9.04. The fourth-order valence-electron chi connectivity index (χ4n) is 1.99. The van der Waals surface area contributed by atoms with Gasteiger partial charge in [0.1, 0.15) is 7.85 Å². The van der Waals surface area contributed by atoms with E-state index in [0.717, 1.165) is 31.6 Å². The summed E-state index contributed by atoms with van der Waals surface area (Å²) in [6.45, 7) is 2.27. The molecule has 1 saturated heterocycles. The number of hydrogen-bond donors (Lipinski definition) is 1. The van der Waals surface area contributed by atoms with Crippen molar-refractivity contribution in [2.75, 3.05) is 24.6 Å². The summed E-state index contributed by atoms with van der Waals surface area (Å²) in [4.78, 5) is 6.36. The van der Waals surface area contributed by atoms with Crippen LogP contribution in [0.2, 0.25) is 0 Å². The molecule has 0 unspecified atom stereocenters. The van der Waals surface area contributed by atoms with E-state index in [1.54, 1.807) is 6.20 Å². The van der Waals surface area contributed by atoms with Crippen LogP contribution >= 0.6 is 0 Å². The van der Waals surface area contributed by atoms with Crippen LogP contribution in [0.5, 0.6) is 0 Å². The number of nitrogens with zero attached hydrogens (tertiary/aromatic N) is 2. The number of piperidine rings is 1. The van der Waals surface area contributed by atoms with Crippen LogP contribution in [0.25, 0.3) is 0 Å². The summed E-state index contributed by atoms with van der Waals surface area (Å²) in [6, 6.07) is 1.95. The highest BCUT2D eigenvalue weighted by Gasteiger charge is 2.18. The van der Waals surface area contributed by atoms with Gasteiger partial charge in [-0.15, -0.1) is 0 Å². The van der Waals surface area contributed by atoms with Gasteiger partial charge in [0.15, 0.2) is 0 Å². The third-order valence-electron chi connectivity index (χ3n) is 2.98. The van der Waals surface area contributed by atoms with Gasteiger partial charge in [0.05, 0.1) is 11.9 Å². The summed E-state index contributed by atoms with van der Waals surface area (Å²) < 4.78 is 0. The van der Waals surface area contributed by atoms with Gasteiger partial charge < -0.3 is 10.0 Å². The van der Waals surface area contributed by atoms with E-state index in [2.05, 4.69) is 9.88 Å². The number of aliphatic hydroxyl groups excluding tert-OH is 1. The van der Waals surface area contributed by atoms with Crippen molar-refractivity contribution in [3.05, 3.63) is 18.5 Å². The standard InChI is InChI=1S/C11H15BN2O/c12-10-5-11(7-13-6-10)14-3-1-9(8-15)2-4-14/h5-7,9,15H,1-4,8H2. The van der Waals surface area contributed by atoms with Gasteiger partial charge in [-0.05, 0) is 24.8 Å². The highest BCUT2D eigenvalue weighted by atomic mass is 16.3. The van der Waals surface area contributed by atoms with E-state index in [1.165, 1.54) is 0 Å². The molecule has 0 bridgehead atoms. The average Bonchev–Trinajstić information content (AvgIpc) is 2.29. The molecule has 2 radical (unpaired) electrons. The van der Waals surface area contributed by atoms with Gasteiger partial charge in [0.25, 0.3) is 0 Å². The van der Waals surface area contributed by atoms with Crippen molar-refractivity contribution in [2.24, 2.45) is 5.92 Å². The van der Waals surface area contributed by atoms with Crippen LogP contribution in [0.15, 0.2) is 18.5 Å². The van der Waals surface area contributed by atoms with Crippen LogP contribution < -0.4 is 10.4 Å². The Balaban J connectivity index is 2.01. The largest absolute Gasteiger partial charge is 0.396 e. The Labute approximate surface area is 91.5 Å². The molecular weight excluding hydrogens is 187 g/mol. The first-order valence-electron chi connectivity index (χ1n) is 5.36. The molecule has 0 amide bonds. The zero-order valence-electron chi connectivity index (χ0n) is 8.76. The molecule has 0 spiro atoms. The van der Waals surface area contributed by atoms with Gasteiger partial charge >= 0.3 is 0 Å². The Morgan fingerprint density at radius 3 is 2.73 bits per heavy atom. The molecule has 0 aliphatic carbocycles. The Morgan fingerprint density at radius 2 is 2.13 bits per heavy atom.